The van der Waals surface area contributed by atoms with Gasteiger partial charge in [-0.3, -0.25) is 4.79 Å². The predicted octanol–water partition coefficient (Wildman–Crippen LogP) is 4.93. The van der Waals surface area contributed by atoms with Crippen LogP contribution in [0.1, 0.15) is 6.92 Å². The number of amides is 1. The molecule has 0 saturated heterocycles. The summed E-state index contributed by atoms with van der Waals surface area (Å²) in [4.78, 5) is 20.8. The highest BCUT2D eigenvalue weighted by Gasteiger charge is 2.14. The average Bonchev–Trinajstić information content (AvgIpc) is 3.08. The summed E-state index contributed by atoms with van der Waals surface area (Å²) in [6.45, 7) is 13.6. The molecule has 2 aromatic heterocycles. The number of fused-ring (bicyclic) bond motifs is 1. The third-order valence-electron chi connectivity index (χ3n) is 4.56. The van der Waals surface area contributed by atoms with Crippen molar-refractivity contribution in [3.05, 3.63) is 55.0 Å². The zero-order valence-corrected chi connectivity index (χ0v) is 18.5. The van der Waals surface area contributed by atoms with E-state index in [0.29, 0.717) is 18.0 Å². The Bertz CT molecular complexity index is 1040. The smallest absolute Gasteiger partial charge is 0.250 e. The lowest BCUT2D eigenvalue weighted by molar-refractivity contribution is -0.112. The van der Waals surface area contributed by atoms with Crippen molar-refractivity contribution in [2.75, 3.05) is 11.9 Å². The highest BCUT2D eigenvalue weighted by molar-refractivity contribution is 6.76. The maximum atomic E-state index is 11.9. The minimum Gasteiger partial charge on any atom is -0.361 e. The number of anilines is 1. The molecule has 1 aromatic carbocycles. The number of ether oxygens (including phenoxy) is 1. The molecule has 0 fully saturated rings. The summed E-state index contributed by atoms with van der Waals surface area (Å²) in [7, 11) is -1.11. The third kappa shape index (κ3) is 5.39. The first-order valence-electron chi connectivity index (χ1n) is 9.69. The van der Waals surface area contributed by atoms with Crippen molar-refractivity contribution in [2.24, 2.45) is 0 Å². The van der Waals surface area contributed by atoms with E-state index in [1.807, 2.05) is 41.1 Å². The van der Waals surface area contributed by atoms with Crippen molar-refractivity contribution in [1.82, 2.24) is 14.5 Å². The van der Waals surface area contributed by atoms with Crippen LogP contribution in [0.5, 0.6) is 0 Å². The van der Waals surface area contributed by atoms with E-state index in [1.165, 1.54) is 0 Å². The van der Waals surface area contributed by atoms with E-state index in [-0.39, 0.29) is 5.91 Å². The second-order valence-electron chi connectivity index (χ2n) is 8.41. The number of rotatable bonds is 8. The number of hydrogen-bond acceptors (Lipinski definition) is 4. The number of nitrogens with zero attached hydrogens (tertiary/aromatic N) is 3. The molecule has 2 heterocycles. The van der Waals surface area contributed by atoms with E-state index in [1.54, 1.807) is 13.3 Å². The molecule has 0 unspecified atom stereocenters. The normalized spacial score (nSPS) is 11.6. The summed E-state index contributed by atoms with van der Waals surface area (Å²) in [5.41, 5.74) is 3.73. The second kappa shape index (κ2) is 8.71. The lowest BCUT2D eigenvalue weighted by Crippen LogP contribution is -2.22. The second-order valence-corrected chi connectivity index (χ2v) is 14.0. The van der Waals surface area contributed by atoms with Crippen LogP contribution in [0.4, 0.5) is 5.69 Å². The number of carbonyl (C=O) groups excluding carboxylic acids is 1. The van der Waals surface area contributed by atoms with Crippen molar-refractivity contribution >= 4 is 30.7 Å². The zero-order valence-electron chi connectivity index (χ0n) is 17.5. The van der Waals surface area contributed by atoms with E-state index in [0.717, 1.165) is 34.9 Å². The highest BCUT2D eigenvalue weighted by atomic mass is 28.3. The Hall–Kier alpha value is -2.77. The Balaban J connectivity index is 1.82. The van der Waals surface area contributed by atoms with Gasteiger partial charge in [0, 0.05) is 43.1 Å². The Morgan fingerprint density at radius 1 is 1.24 bits per heavy atom. The maximum Gasteiger partial charge on any atom is 0.250 e. The highest BCUT2D eigenvalue weighted by Crippen LogP contribution is 2.28. The molecule has 0 bridgehead atoms. The van der Waals surface area contributed by atoms with Crippen LogP contribution in [0.15, 0.2) is 55.0 Å². The van der Waals surface area contributed by atoms with Gasteiger partial charge in [-0.2, -0.15) is 0 Å². The van der Waals surface area contributed by atoms with Crippen LogP contribution < -0.4 is 5.32 Å². The molecule has 152 valence electrons. The quantitative estimate of drug-likeness (QED) is 0.326. The van der Waals surface area contributed by atoms with Crippen molar-refractivity contribution in [3.8, 4) is 11.3 Å². The number of carbonyl (C=O) groups is 1. The Morgan fingerprint density at radius 2 is 2.03 bits per heavy atom. The van der Waals surface area contributed by atoms with E-state index < -0.39 is 8.07 Å². The van der Waals surface area contributed by atoms with E-state index in [9.17, 15) is 4.79 Å². The van der Waals surface area contributed by atoms with Gasteiger partial charge in [0.1, 0.15) is 18.7 Å². The first kappa shape index (κ1) is 20.9. The molecule has 1 N–H and O–H groups in total. The van der Waals surface area contributed by atoms with Gasteiger partial charge >= 0.3 is 0 Å². The molecule has 3 aromatic rings. The molecule has 0 spiro atoms. The minimum atomic E-state index is -1.11. The molecule has 29 heavy (non-hydrogen) atoms. The Labute approximate surface area is 172 Å². The molecule has 0 aliphatic heterocycles. The molecule has 0 aliphatic carbocycles. The number of hydrogen-bond donors (Lipinski definition) is 1. The maximum absolute atomic E-state index is 11.9. The minimum absolute atomic E-state index is 0.198. The summed E-state index contributed by atoms with van der Waals surface area (Å²) in [6, 6.07) is 10.8. The fraction of sp³-hybridized carbons (Fsp3) is 0.318. The first-order valence-corrected chi connectivity index (χ1v) is 13.4. The molecule has 0 atom stereocenters. The Kier molecular flexibility index (Phi) is 6.29. The summed E-state index contributed by atoms with van der Waals surface area (Å²) in [5.74, 6) is -0.198. The van der Waals surface area contributed by atoms with Crippen molar-refractivity contribution in [2.45, 2.75) is 39.3 Å². The Morgan fingerprint density at radius 3 is 2.76 bits per heavy atom. The van der Waals surface area contributed by atoms with Gasteiger partial charge in [0.25, 0.3) is 5.91 Å². The molecule has 0 aliphatic rings. The lowest BCUT2D eigenvalue weighted by Gasteiger charge is -2.15. The van der Waals surface area contributed by atoms with E-state index in [2.05, 4.69) is 41.5 Å². The van der Waals surface area contributed by atoms with Crippen molar-refractivity contribution in [1.29, 1.82) is 0 Å². The topological polar surface area (TPSA) is 69.0 Å². The summed E-state index contributed by atoms with van der Waals surface area (Å²) < 4.78 is 7.87. The monoisotopic (exact) mass is 408 g/mol. The summed E-state index contributed by atoms with van der Waals surface area (Å²) in [6.07, 6.45) is 3.54. The van der Waals surface area contributed by atoms with E-state index in [4.69, 9.17) is 4.74 Å². The van der Waals surface area contributed by atoms with Gasteiger partial charge in [-0.25, -0.2) is 9.97 Å². The first-order chi connectivity index (χ1) is 13.7. The molecular formula is C22H28N4O2Si. The molecule has 1 amide bonds. The van der Waals surface area contributed by atoms with Crippen LogP contribution in [-0.4, -0.2) is 35.1 Å². The molecular weight excluding hydrogens is 380 g/mol. The van der Waals surface area contributed by atoms with Crippen LogP contribution in [0.25, 0.3) is 22.3 Å². The van der Waals surface area contributed by atoms with Gasteiger partial charge in [0.15, 0.2) is 0 Å². The van der Waals surface area contributed by atoms with Crippen molar-refractivity contribution < 1.29 is 9.53 Å². The lowest BCUT2D eigenvalue weighted by atomic mass is 10.1. The SMILES string of the molecule is C=C(C)C(=O)Nc1cccc(-c2ncnc3c2ccn3COCC[Si](C)(C)C)c1. The van der Waals surface area contributed by atoms with Gasteiger partial charge in [-0.15, -0.1) is 0 Å². The molecule has 0 radical (unpaired) electrons. The van der Waals surface area contributed by atoms with Crippen LogP contribution >= 0.6 is 0 Å². The number of benzene rings is 1. The largest absolute Gasteiger partial charge is 0.361 e. The standard InChI is InChI=1S/C22H28N4O2Si/c1-16(2)22(27)25-18-8-6-7-17(13-18)20-19-9-10-26(21(19)24-14-23-20)15-28-11-12-29(3,4)5/h6-10,13-14H,1,11-12,15H2,2-5H3,(H,25,27). The van der Waals surface area contributed by atoms with Gasteiger partial charge in [-0.05, 0) is 31.2 Å². The fourth-order valence-corrected chi connectivity index (χ4v) is 3.62. The van der Waals surface area contributed by atoms with E-state index >= 15 is 0 Å². The number of nitrogens with one attached hydrogen (secondary N) is 1. The van der Waals surface area contributed by atoms with Gasteiger partial charge in [-0.1, -0.05) is 38.4 Å². The van der Waals surface area contributed by atoms with Crippen LogP contribution in [0.2, 0.25) is 25.7 Å². The van der Waals surface area contributed by atoms with Gasteiger partial charge in [0.05, 0.1) is 5.69 Å². The number of aromatic nitrogens is 3. The zero-order chi connectivity index (χ0) is 21.0. The molecule has 0 saturated carbocycles. The fourth-order valence-electron chi connectivity index (χ4n) is 2.86. The van der Waals surface area contributed by atoms with Gasteiger partial charge in [0.2, 0.25) is 0 Å². The van der Waals surface area contributed by atoms with Gasteiger partial charge < -0.3 is 14.6 Å². The summed E-state index contributed by atoms with van der Waals surface area (Å²) >= 11 is 0. The summed E-state index contributed by atoms with van der Waals surface area (Å²) in [5, 5.41) is 3.80. The predicted molar refractivity (Wildman–Crippen MR) is 121 cm³/mol. The van der Waals surface area contributed by atoms with Crippen LogP contribution in [0.3, 0.4) is 0 Å². The molecule has 7 heteroatoms. The molecule has 3 rings (SSSR count). The van der Waals surface area contributed by atoms with Crippen LogP contribution in [-0.2, 0) is 16.3 Å². The third-order valence-corrected chi connectivity index (χ3v) is 6.27. The van der Waals surface area contributed by atoms with Crippen LogP contribution in [0, 0.1) is 0 Å². The average molecular weight is 409 g/mol. The van der Waals surface area contributed by atoms with Crippen molar-refractivity contribution in [3.63, 3.8) is 0 Å². The molecule has 6 nitrogen and oxygen atoms in total.